The SMILES string of the molecule is CC1(C)OCC[C@H](CONC(=O)c2ccc(F)c(F)c2Nc2ccc(I)cc2F)O1. The lowest BCUT2D eigenvalue weighted by Crippen LogP contribution is -2.42. The van der Waals surface area contributed by atoms with Gasteiger partial charge >= 0.3 is 0 Å². The van der Waals surface area contributed by atoms with E-state index in [1.807, 2.05) is 22.6 Å². The average Bonchev–Trinajstić information content (AvgIpc) is 2.66. The van der Waals surface area contributed by atoms with Crippen LogP contribution in [0.3, 0.4) is 0 Å². The first-order valence-electron chi connectivity index (χ1n) is 9.10. The van der Waals surface area contributed by atoms with Crippen LogP contribution in [0.5, 0.6) is 0 Å². The Morgan fingerprint density at radius 1 is 1.23 bits per heavy atom. The van der Waals surface area contributed by atoms with Crippen molar-refractivity contribution in [1.82, 2.24) is 5.48 Å². The number of rotatable bonds is 6. The molecule has 30 heavy (non-hydrogen) atoms. The molecule has 1 aliphatic heterocycles. The van der Waals surface area contributed by atoms with Crippen molar-refractivity contribution in [3.63, 3.8) is 0 Å². The number of anilines is 2. The summed E-state index contributed by atoms with van der Waals surface area (Å²) in [6.45, 7) is 4.05. The van der Waals surface area contributed by atoms with Crippen LogP contribution in [-0.4, -0.2) is 31.0 Å². The highest BCUT2D eigenvalue weighted by Gasteiger charge is 2.29. The second-order valence-electron chi connectivity index (χ2n) is 7.05. The molecule has 1 amide bonds. The highest BCUT2D eigenvalue weighted by Crippen LogP contribution is 2.28. The fourth-order valence-corrected chi connectivity index (χ4v) is 3.34. The first-order valence-corrected chi connectivity index (χ1v) is 10.2. The van der Waals surface area contributed by atoms with Crippen molar-refractivity contribution in [3.05, 3.63) is 56.9 Å². The van der Waals surface area contributed by atoms with Crippen molar-refractivity contribution in [2.45, 2.75) is 32.2 Å². The number of halogens is 4. The first-order chi connectivity index (χ1) is 14.2. The van der Waals surface area contributed by atoms with Crippen LogP contribution >= 0.6 is 22.6 Å². The maximum absolute atomic E-state index is 14.4. The van der Waals surface area contributed by atoms with Crippen LogP contribution in [0.1, 0.15) is 30.6 Å². The van der Waals surface area contributed by atoms with Crippen molar-refractivity contribution in [2.75, 3.05) is 18.5 Å². The average molecular weight is 536 g/mol. The van der Waals surface area contributed by atoms with E-state index in [-0.39, 0.29) is 24.0 Å². The molecule has 0 aromatic heterocycles. The third-order valence-corrected chi connectivity index (χ3v) is 4.98. The van der Waals surface area contributed by atoms with Crippen LogP contribution in [0.2, 0.25) is 0 Å². The van der Waals surface area contributed by atoms with E-state index in [1.54, 1.807) is 19.9 Å². The van der Waals surface area contributed by atoms with Gasteiger partial charge in [0.15, 0.2) is 17.4 Å². The van der Waals surface area contributed by atoms with E-state index in [9.17, 15) is 18.0 Å². The summed E-state index contributed by atoms with van der Waals surface area (Å²) < 4.78 is 54.0. The number of hydroxylamine groups is 1. The minimum Gasteiger partial charge on any atom is -0.350 e. The van der Waals surface area contributed by atoms with Gasteiger partial charge in [-0.1, -0.05) is 0 Å². The molecular formula is C20H20F3IN2O4. The van der Waals surface area contributed by atoms with Crippen molar-refractivity contribution in [3.8, 4) is 0 Å². The Morgan fingerprint density at radius 2 is 2.00 bits per heavy atom. The number of hydrogen-bond donors (Lipinski definition) is 2. The van der Waals surface area contributed by atoms with Gasteiger partial charge in [-0.15, -0.1) is 0 Å². The summed E-state index contributed by atoms with van der Waals surface area (Å²) in [6.07, 6.45) is 0.265. The predicted octanol–water partition coefficient (Wildman–Crippen LogP) is 4.66. The molecule has 3 rings (SSSR count). The van der Waals surface area contributed by atoms with Gasteiger partial charge in [-0.2, -0.15) is 0 Å². The van der Waals surface area contributed by atoms with Crippen LogP contribution in [0, 0.1) is 21.0 Å². The van der Waals surface area contributed by atoms with Gasteiger partial charge in [0.25, 0.3) is 5.91 Å². The molecular weight excluding hydrogens is 516 g/mol. The summed E-state index contributed by atoms with van der Waals surface area (Å²) in [6, 6.07) is 6.06. The van der Waals surface area contributed by atoms with Gasteiger partial charge in [-0.3, -0.25) is 9.63 Å². The summed E-state index contributed by atoms with van der Waals surface area (Å²) >= 11 is 1.92. The number of nitrogens with one attached hydrogen (secondary N) is 2. The van der Waals surface area contributed by atoms with Crippen LogP contribution in [-0.2, 0) is 14.3 Å². The molecule has 1 aliphatic rings. The maximum atomic E-state index is 14.4. The minimum atomic E-state index is -1.31. The number of amides is 1. The van der Waals surface area contributed by atoms with E-state index in [2.05, 4.69) is 10.8 Å². The summed E-state index contributed by atoms with van der Waals surface area (Å²) in [7, 11) is 0. The molecule has 1 heterocycles. The van der Waals surface area contributed by atoms with E-state index < -0.39 is 34.8 Å². The Kier molecular flexibility index (Phi) is 7.22. The Balaban J connectivity index is 1.71. The molecule has 0 bridgehead atoms. The van der Waals surface area contributed by atoms with E-state index >= 15 is 0 Å². The number of hydrogen-bond acceptors (Lipinski definition) is 5. The van der Waals surface area contributed by atoms with Gasteiger partial charge in [-0.25, -0.2) is 18.7 Å². The zero-order valence-corrected chi connectivity index (χ0v) is 18.4. The van der Waals surface area contributed by atoms with Crippen LogP contribution < -0.4 is 10.8 Å². The van der Waals surface area contributed by atoms with Gasteiger partial charge in [-0.05, 0) is 73.2 Å². The van der Waals surface area contributed by atoms with Crippen LogP contribution in [0.15, 0.2) is 30.3 Å². The molecule has 1 atom stereocenters. The lowest BCUT2D eigenvalue weighted by atomic mass is 10.1. The second kappa shape index (κ2) is 9.50. The molecule has 10 heteroatoms. The van der Waals surface area contributed by atoms with Gasteiger partial charge in [0.05, 0.1) is 29.6 Å². The monoisotopic (exact) mass is 536 g/mol. The third kappa shape index (κ3) is 5.62. The molecule has 0 spiro atoms. The predicted molar refractivity (Wildman–Crippen MR) is 112 cm³/mol. The van der Waals surface area contributed by atoms with E-state index in [1.165, 1.54) is 12.1 Å². The topological polar surface area (TPSA) is 68.8 Å². The lowest BCUT2D eigenvalue weighted by molar-refractivity contribution is -0.281. The van der Waals surface area contributed by atoms with Gasteiger partial charge in [0.2, 0.25) is 0 Å². The van der Waals surface area contributed by atoms with Crippen molar-refractivity contribution >= 4 is 39.9 Å². The summed E-state index contributed by atoms with van der Waals surface area (Å²) in [4.78, 5) is 17.7. The molecule has 0 saturated carbocycles. The minimum absolute atomic E-state index is 0.0384. The fraction of sp³-hybridized carbons (Fsp3) is 0.350. The van der Waals surface area contributed by atoms with Gasteiger partial charge in [0, 0.05) is 3.57 Å². The fourth-order valence-electron chi connectivity index (χ4n) is 2.89. The summed E-state index contributed by atoms with van der Waals surface area (Å²) in [5.41, 5.74) is 1.33. The molecule has 0 radical (unpaired) electrons. The summed E-state index contributed by atoms with van der Waals surface area (Å²) in [5.74, 6) is -4.75. The molecule has 162 valence electrons. The zero-order valence-electron chi connectivity index (χ0n) is 16.2. The Morgan fingerprint density at radius 3 is 2.70 bits per heavy atom. The summed E-state index contributed by atoms with van der Waals surface area (Å²) in [5, 5.41) is 2.46. The highest BCUT2D eigenvalue weighted by molar-refractivity contribution is 14.1. The number of benzene rings is 2. The lowest BCUT2D eigenvalue weighted by Gasteiger charge is -2.35. The van der Waals surface area contributed by atoms with Crippen molar-refractivity contribution in [2.24, 2.45) is 0 Å². The Hall–Kier alpha value is -1.89. The normalized spacial score (nSPS) is 18.1. The van der Waals surface area contributed by atoms with Crippen molar-refractivity contribution in [1.29, 1.82) is 0 Å². The quantitative estimate of drug-likeness (QED) is 0.416. The standard InChI is InChI=1S/C20H20F3IN2O4/c1-20(2)28-8-7-12(30-20)10-29-26-19(27)13-4-5-14(21)17(23)18(13)25-16-6-3-11(24)9-15(16)22/h3-6,9,12,25H,7-8,10H2,1-2H3,(H,26,27)/t12-/m1/s1. The maximum Gasteiger partial charge on any atom is 0.277 e. The highest BCUT2D eigenvalue weighted by atomic mass is 127. The molecule has 1 saturated heterocycles. The van der Waals surface area contributed by atoms with Crippen LogP contribution in [0.4, 0.5) is 24.5 Å². The molecule has 0 aliphatic carbocycles. The van der Waals surface area contributed by atoms with Gasteiger partial charge in [0.1, 0.15) is 12.4 Å². The smallest absolute Gasteiger partial charge is 0.277 e. The van der Waals surface area contributed by atoms with Crippen molar-refractivity contribution < 1.29 is 32.3 Å². The van der Waals surface area contributed by atoms with E-state index in [0.717, 1.165) is 12.1 Å². The van der Waals surface area contributed by atoms with E-state index in [0.29, 0.717) is 16.6 Å². The molecule has 1 fully saturated rings. The number of carbonyl (C=O) groups excluding carboxylic acids is 1. The zero-order chi connectivity index (χ0) is 21.9. The third-order valence-electron chi connectivity index (χ3n) is 4.30. The Labute approximate surface area is 185 Å². The number of carbonyl (C=O) groups is 1. The molecule has 2 N–H and O–H groups in total. The largest absolute Gasteiger partial charge is 0.350 e. The molecule has 0 unspecified atom stereocenters. The second-order valence-corrected chi connectivity index (χ2v) is 8.30. The molecule has 2 aromatic rings. The van der Waals surface area contributed by atoms with Crippen LogP contribution in [0.25, 0.3) is 0 Å². The van der Waals surface area contributed by atoms with E-state index in [4.69, 9.17) is 14.3 Å². The number of ether oxygens (including phenoxy) is 2. The van der Waals surface area contributed by atoms with Gasteiger partial charge < -0.3 is 14.8 Å². The Bertz CT molecular complexity index is 943. The molecule has 6 nitrogen and oxygen atoms in total. The first kappa shape index (κ1) is 22.8. The molecule has 2 aromatic carbocycles.